The molecule has 1 aliphatic rings. The van der Waals surface area contributed by atoms with E-state index in [-0.39, 0.29) is 11.9 Å². The van der Waals surface area contributed by atoms with Gasteiger partial charge in [-0.25, -0.2) is 18.1 Å². The van der Waals surface area contributed by atoms with Crippen molar-refractivity contribution in [2.45, 2.75) is 26.3 Å². The van der Waals surface area contributed by atoms with Gasteiger partial charge in [0.05, 0.1) is 17.0 Å². The molecule has 1 aromatic rings. The largest absolute Gasteiger partial charge is 0.336 e. The summed E-state index contributed by atoms with van der Waals surface area (Å²) in [6.07, 6.45) is 1.78. The maximum absolute atomic E-state index is 12.3. The molecule has 0 bridgehead atoms. The van der Waals surface area contributed by atoms with E-state index in [4.69, 9.17) is 0 Å². The maximum atomic E-state index is 12.3. The highest BCUT2D eigenvalue weighted by Gasteiger charge is 2.30. The van der Waals surface area contributed by atoms with Crippen molar-refractivity contribution >= 4 is 27.3 Å². The highest BCUT2D eigenvalue weighted by atomic mass is 32.2. The number of carbonyl (C=O) groups is 1. The Hall–Kier alpha value is -0.990. The minimum Gasteiger partial charge on any atom is -0.336 e. The number of likely N-dealkylation sites (tertiary alicyclic amines) is 1. The van der Waals surface area contributed by atoms with Crippen molar-refractivity contribution in [3.05, 3.63) is 15.6 Å². The summed E-state index contributed by atoms with van der Waals surface area (Å²) in [4.78, 5) is 18.9. The standard InChI is InChI=1S/C11H17N3O3S2/c1-7-10(18-8(2)12-7)11(15)14-5-4-9(6-14)13-19(3,16)17/h9,13H,4-6H2,1-3H3/t9-/m0/s1. The van der Waals surface area contributed by atoms with Gasteiger partial charge in [-0.1, -0.05) is 0 Å². The Morgan fingerprint density at radius 3 is 2.68 bits per heavy atom. The molecule has 1 N–H and O–H groups in total. The number of hydrogen-bond donors (Lipinski definition) is 1. The highest BCUT2D eigenvalue weighted by Crippen LogP contribution is 2.21. The SMILES string of the molecule is Cc1nc(C)c(C(=O)N2CC[C@H](NS(C)(=O)=O)C2)s1. The van der Waals surface area contributed by atoms with Gasteiger partial charge < -0.3 is 4.90 Å². The van der Waals surface area contributed by atoms with Crippen molar-refractivity contribution in [2.75, 3.05) is 19.3 Å². The normalized spacial score (nSPS) is 19.9. The van der Waals surface area contributed by atoms with E-state index in [9.17, 15) is 13.2 Å². The number of thiazole rings is 1. The number of aryl methyl sites for hydroxylation is 2. The van der Waals surface area contributed by atoms with Crippen LogP contribution >= 0.6 is 11.3 Å². The zero-order chi connectivity index (χ0) is 14.2. The fourth-order valence-corrected chi connectivity index (χ4v) is 3.90. The lowest BCUT2D eigenvalue weighted by molar-refractivity contribution is 0.0794. The van der Waals surface area contributed by atoms with Gasteiger partial charge in [-0.05, 0) is 20.3 Å². The lowest BCUT2D eigenvalue weighted by Crippen LogP contribution is -2.37. The smallest absolute Gasteiger partial charge is 0.265 e. The molecule has 1 saturated heterocycles. The second-order valence-electron chi connectivity index (χ2n) is 4.77. The van der Waals surface area contributed by atoms with Crippen molar-refractivity contribution in [1.82, 2.24) is 14.6 Å². The second kappa shape index (κ2) is 5.18. The predicted molar refractivity (Wildman–Crippen MR) is 73.9 cm³/mol. The number of carbonyl (C=O) groups excluding carboxylic acids is 1. The molecule has 2 rings (SSSR count). The van der Waals surface area contributed by atoms with Crippen LogP contribution in [-0.4, -0.2) is 49.6 Å². The Morgan fingerprint density at radius 2 is 2.16 bits per heavy atom. The van der Waals surface area contributed by atoms with Crippen LogP contribution in [0.1, 0.15) is 26.8 Å². The van der Waals surface area contributed by atoms with E-state index >= 15 is 0 Å². The third-order valence-corrected chi connectivity index (χ3v) is 4.78. The number of amides is 1. The van der Waals surface area contributed by atoms with Crippen molar-refractivity contribution < 1.29 is 13.2 Å². The van der Waals surface area contributed by atoms with E-state index in [2.05, 4.69) is 9.71 Å². The van der Waals surface area contributed by atoms with E-state index in [0.717, 1.165) is 17.0 Å². The average molecular weight is 303 g/mol. The fraction of sp³-hybridized carbons (Fsp3) is 0.636. The number of sulfonamides is 1. The van der Waals surface area contributed by atoms with Crippen molar-refractivity contribution in [1.29, 1.82) is 0 Å². The van der Waals surface area contributed by atoms with Gasteiger partial charge in [0, 0.05) is 19.1 Å². The molecular weight excluding hydrogens is 286 g/mol. The maximum Gasteiger partial charge on any atom is 0.265 e. The van der Waals surface area contributed by atoms with Crippen LogP contribution in [0.3, 0.4) is 0 Å². The summed E-state index contributed by atoms with van der Waals surface area (Å²) in [5.74, 6) is -0.0547. The first-order valence-corrected chi connectivity index (χ1v) is 8.67. The Labute approximate surface area is 116 Å². The molecule has 1 aromatic heterocycles. The summed E-state index contributed by atoms with van der Waals surface area (Å²) < 4.78 is 24.9. The highest BCUT2D eigenvalue weighted by molar-refractivity contribution is 7.88. The third-order valence-electron chi connectivity index (χ3n) is 2.95. The van der Waals surface area contributed by atoms with Gasteiger partial charge in [-0.2, -0.15) is 0 Å². The first-order chi connectivity index (χ1) is 8.76. The van der Waals surface area contributed by atoms with Gasteiger partial charge in [-0.15, -0.1) is 11.3 Å². The molecule has 0 aromatic carbocycles. The van der Waals surface area contributed by atoms with Crippen LogP contribution in [-0.2, 0) is 10.0 Å². The van der Waals surface area contributed by atoms with Crippen LogP contribution in [0.4, 0.5) is 0 Å². The van der Waals surface area contributed by atoms with Crippen LogP contribution in [0.25, 0.3) is 0 Å². The fourth-order valence-electron chi connectivity index (χ4n) is 2.22. The summed E-state index contributed by atoms with van der Waals surface area (Å²) in [5.41, 5.74) is 0.743. The molecule has 0 aliphatic carbocycles. The van der Waals surface area contributed by atoms with E-state index in [1.54, 1.807) is 4.90 Å². The topological polar surface area (TPSA) is 79.4 Å². The molecule has 0 spiro atoms. The average Bonchev–Trinajstić information content (AvgIpc) is 2.82. The number of aromatic nitrogens is 1. The monoisotopic (exact) mass is 303 g/mol. The number of nitrogens with one attached hydrogen (secondary N) is 1. The van der Waals surface area contributed by atoms with E-state index < -0.39 is 10.0 Å². The molecular formula is C11H17N3O3S2. The molecule has 1 atom stereocenters. The Kier molecular flexibility index (Phi) is 3.93. The first kappa shape index (κ1) is 14.4. The number of rotatable bonds is 3. The van der Waals surface area contributed by atoms with E-state index in [1.165, 1.54) is 11.3 Å². The van der Waals surface area contributed by atoms with Gasteiger partial charge >= 0.3 is 0 Å². The minimum absolute atomic E-state index is 0.0547. The molecule has 0 unspecified atom stereocenters. The molecule has 8 heteroatoms. The second-order valence-corrected chi connectivity index (χ2v) is 7.76. The molecule has 1 fully saturated rings. The molecule has 106 valence electrons. The minimum atomic E-state index is -3.22. The van der Waals surface area contributed by atoms with Crippen LogP contribution < -0.4 is 4.72 Å². The Bertz CT molecular complexity index is 594. The van der Waals surface area contributed by atoms with Gasteiger partial charge in [0.25, 0.3) is 5.91 Å². The van der Waals surface area contributed by atoms with Gasteiger partial charge in [0.15, 0.2) is 0 Å². The Morgan fingerprint density at radius 1 is 1.47 bits per heavy atom. The molecule has 0 radical (unpaired) electrons. The lowest BCUT2D eigenvalue weighted by Gasteiger charge is -2.16. The summed E-state index contributed by atoms with van der Waals surface area (Å²) in [6.45, 7) is 4.68. The zero-order valence-corrected chi connectivity index (χ0v) is 12.8. The Balaban J connectivity index is 2.05. The summed E-state index contributed by atoms with van der Waals surface area (Å²) in [7, 11) is -3.22. The van der Waals surface area contributed by atoms with Crippen molar-refractivity contribution in [3.8, 4) is 0 Å². The number of nitrogens with zero attached hydrogens (tertiary/aromatic N) is 2. The van der Waals surface area contributed by atoms with Crippen LogP contribution in [0.2, 0.25) is 0 Å². The quantitative estimate of drug-likeness (QED) is 0.883. The molecule has 1 amide bonds. The summed E-state index contributed by atoms with van der Waals surface area (Å²) >= 11 is 1.38. The van der Waals surface area contributed by atoms with Crippen LogP contribution in [0.5, 0.6) is 0 Å². The van der Waals surface area contributed by atoms with Crippen LogP contribution in [0.15, 0.2) is 0 Å². The molecule has 6 nitrogen and oxygen atoms in total. The third kappa shape index (κ3) is 3.52. The molecule has 0 saturated carbocycles. The van der Waals surface area contributed by atoms with E-state index in [0.29, 0.717) is 24.4 Å². The van der Waals surface area contributed by atoms with Gasteiger partial charge in [-0.3, -0.25) is 4.79 Å². The first-order valence-electron chi connectivity index (χ1n) is 5.97. The van der Waals surface area contributed by atoms with Gasteiger partial charge in [0.2, 0.25) is 10.0 Å². The molecule has 19 heavy (non-hydrogen) atoms. The van der Waals surface area contributed by atoms with Crippen molar-refractivity contribution in [2.24, 2.45) is 0 Å². The predicted octanol–water partition coefficient (Wildman–Crippen LogP) is 0.524. The van der Waals surface area contributed by atoms with E-state index in [1.807, 2.05) is 13.8 Å². The van der Waals surface area contributed by atoms with Gasteiger partial charge in [0.1, 0.15) is 4.88 Å². The number of hydrogen-bond acceptors (Lipinski definition) is 5. The van der Waals surface area contributed by atoms with Crippen LogP contribution in [0, 0.1) is 13.8 Å². The summed E-state index contributed by atoms with van der Waals surface area (Å²) in [5, 5.41) is 0.867. The lowest BCUT2D eigenvalue weighted by atomic mass is 10.3. The molecule has 1 aliphatic heterocycles. The van der Waals surface area contributed by atoms with Crippen molar-refractivity contribution in [3.63, 3.8) is 0 Å². The summed E-state index contributed by atoms with van der Waals surface area (Å²) in [6, 6.07) is -0.187. The zero-order valence-electron chi connectivity index (χ0n) is 11.1. The molecule has 2 heterocycles.